The standard InChI is InChI=1S/C13H12N4OS/c1-18-9-4-2-3-8(7-9)11-15-12(17-14)10-5-6-19-13(10)16-11/h2-7H,14H2,1H3,(H,15,16,17). The predicted molar refractivity (Wildman–Crippen MR) is 77.2 cm³/mol. The van der Waals surface area contributed by atoms with Gasteiger partial charge in [-0.3, -0.25) is 0 Å². The molecule has 3 rings (SSSR count). The molecule has 0 saturated carbocycles. The lowest BCUT2D eigenvalue weighted by Crippen LogP contribution is -2.09. The van der Waals surface area contributed by atoms with Crippen LogP contribution in [0.5, 0.6) is 5.75 Å². The number of fused-ring (bicyclic) bond motifs is 1. The molecule has 96 valence electrons. The Balaban J connectivity index is 2.18. The molecule has 19 heavy (non-hydrogen) atoms. The van der Waals surface area contributed by atoms with E-state index in [1.807, 2.05) is 35.7 Å². The molecule has 0 amide bonds. The minimum atomic E-state index is 0.627. The molecular formula is C13H12N4OS. The molecule has 0 fully saturated rings. The number of methoxy groups -OCH3 is 1. The molecule has 0 aliphatic rings. The van der Waals surface area contributed by atoms with Crippen LogP contribution in [0.25, 0.3) is 21.6 Å². The number of rotatable bonds is 3. The molecule has 3 aromatic rings. The van der Waals surface area contributed by atoms with E-state index in [0.717, 1.165) is 21.5 Å². The molecule has 0 radical (unpaired) electrons. The van der Waals surface area contributed by atoms with Crippen LogP contribution >= 0.6 is 11.3 Å². The van der Waals surface area contributed by atoms with Crippen LogP contribution in [0, 0.1) is 0 Å². The summed E-state index contributed by atoms with van der Waals surface area (Å²) >= 11 is 1.56. The van der Waals surface area contributed by atoms with Gasteiger partial charge in [-0.05, 0) is 23.6 Å². The maximum absolute atomic E-state index is 5.52. The summed E-state index contributed by atoms with van der Waals surface area (Å²) in [6.45, 7) is 0. The average Bonchev–Trinajstić information content (AvgIpc) is 2.94. The summed E-state index contributed by atoms with van der Waals surface area (Å²) in [6.07, 6.45) is 0. The maximum Gasteiger partial charge on any atom is 0.163 e. The Kier molecular flexibility index (Phi) is 3.02. The van der Waals surface area contributed by atoms with Crippen molar-refractivity contribution in [3.05, 3.63) is 35.7 Å². The molecular weight excluding hydrogens is 260 g/mol. The monoisotopic (exact) mass is 272 g/mol. The third-order valence-corrected chi connectivity index (χ3v) is 3.60. The van der Waals surface area contributed by atoms with Crippen LogP contribution < -0.4 is 16.0 Å². The molecule has 6 heteroatoms. The van der Waals surface area contributed by atoms with Gasteiger partial charge in [0, 0.05) is 5.56 Å². The molecule has 0 aliphatic carbocycles. The number of aromatic nitrogens is 2. The van der Waals surface area contributed by atoms with Crippen molar-refractivity contribution in [3.63, 3.8) is 0 Å². The second-order valence-electron chi connectivity index (χ2n) is 3.91. The Morgan fingerprint density at radius 1 is 1.26 bits per heavy atom. The summed E-state index contributed by atoms with van der Waals surface area (Å²) in [5.41, 5.74) is 3.51. The van der Waals surface area contributed by atoms with Crippen molar-refractivity contribution in [2.24, 2.45) is 5.84 Å². The van der Waals surface area contributed by atoms with Gasteiger partial charge < -0.3 is 10.2 Å². The SMILES string of the molecule is COc1cccc(-c2nc(NN)c3ccsc3n2)c1. The van der Waals surface area contributed by atoms with E-state index >= 15 is 0 Å². The number of nitrogens with one attached hydrogen (secondary N) is 1. The van der Waals surface area contributed by atoms with Gasteiger partial charge >= 0.3 is 0 Å². The van der Waals surface area contributed by atoms with Crippen LogP contribution in [0.2, 0.25) is 0 Å². The zero-order valence-electron chi connectivity index (χ0n) is 10.3. The van der Waals surface area contributed by atoms with Crippen molar-refractivity contribution < 1.29 is 4.74 Å². The summed E-state index contributed by atoms with van der Waals surface area (Å²) in [5.74, 6) is 7.55. The van der Waals surface area contributed by atoms with E-state index in [9.17, 15) is 0 Å². The fraction of sp³-hybridized carbons (Fsp3) is 0.0769. The summed E-state index contributed by atoms with van der Waals surface area (Å²) in [7, 11) is 1.63. The van der Waals surface area contributed by atoms with E-state index in [4.69, 9.17) is 10.6 Å². The number of nitrogens with two attached hydrogens (primary N) is 1. The largest absolute Gasteiger partial charge is 0.497 e. The molecule has 5 nitrogen and oxygen atoms in total. The van der Waals surface area contributed by atoms with Crippen molar-refractivity contribution in [2.45, 2.75) is 0 Å². The van der Waals surface area contributed by atoms with Gasteiger partial charge in [-0.15, -0.1) is 11.3 Å². The first-order valence-electron chi connectivity index (χ1n) is 5.68. The van der Waals surface area contributed by atoms with Crippen molar-refractivity contribution in [1.82, 2.24) is 9.97 Å². The molecule has 0 bridgehead atoms. The van der Waals surface area contributed by atoms with Gasteiger partial charge in [-0.25, -0.2) is 15.8 Å². The summed E-state index contributed by atoms with van der Waals surface area (Å²) in [4.78, 5) is 9.89. The molecule has 0 aliphatic heterocycles. The molecule has 2 heterocycles. The molecule has 0 atom stereocenters. The van der Waals surface area contributed by atoms with E-state index < -0.39 is 0 Å². The second kappa shape index (κ2) is 4.83. The number of ether oxygens (including phenoxy) is 1. The number of hydrogen-bond donors (Lipinski definition) is 2. The highest BCUT2D eigenvalue weighted by Crippen LogP contribution is 2.29. The highest BCUT2D eigenvalue weighted by atomic mass is 32.1. The van der Waals surface area contributed by atoms with Crippen molar-refractivity contribution in [1.29, 1.82) is 0 Å². The van der Waals surface area contributed by atoms with Gasteiger partial charge in [0.25, 0.3) is 0 Å². The van der Waals surface area contributed by atoms with E-state index in [-0.39, 0.29) is 0 Å². The van der Waals surface area contributed by atoms with Gasteiger partial charge in [-0.2, -0.15) is 0 Å². The van der Waals surface area contributed by atoms with Crippen LogP contribution in [-0.4, -0.2) is 17.1 Å². The average molecular weight is 272 g/mol. The smallest absolute Gasteiger partial charge is 0.163 e. The van der Waals surface area contributed by atoms with Crippen LogP contribution in [0.4, 0.5) is 5.82 Å². The number of nitrogen functional groups attached to an aromatic ring is 1. The van der Waals surface area contributed by atoms with Crippen LogP contribution in [0.15, 0.2) is 35.7 Å². The Hall–Kier alpha value is -2.18. The van der Waals surface area contributed by atoms with Crippen LogP contribution in [0.1, 0.15) is 0 Å². The predicted octanol–water partition coefficient (Wildman–Crippen LogP) is 2.65. The number of thiophene rings is 1. The lowest BCUT2D eigenvalue weighted by atomic mass is 10.2. The molecule has 0 spiro atoms. The zero-order chi connectivity index (χ0) is 13.2. The summed E-state index contributed by atoms with van der Waals surface area (Å²) < 4.78 is 5.21. The number of benzene rings is 1. The Labute approximate surface area is 114 Å². The number of nitrogens with zero attached hydrogens (tertiary/aromatic N) is 2. The first kappa shape index (κ1) is 11.9. The molecule has 2 aromatic heterocycles. The lowest BCUT2D eigenvalue weighted by Gasteiger charge is -2.06. The van der Waals surface area contributed by atoms with Gasteiger partial charge in [0.1, 0.15) is 10.6 Å². The van der Waals surface area contributed by atoms with Crippen molar-refractivity contribution in [3.8, 4) is 17.1 Å². The van der Waals surface area contributed by atoms with Gasteiger partial charge in [-0.1, -0.05) is 12.1 Å². The third-order valence-electron chi connectivity index (χ3n) is 2.79. The number of anilines is 1. The van der Waals surface area contributed by atoms with Gasteiger partial charge in [0.15, 0.2) is 11.6 Å². The van der Waals surface area contributed by atoms with E-state index in [1.165, 1.54) is 0 Å². The number of hydrazine groups is 1. The lowest BCUT2D eigenvalue weighted by molar-refractivity contribution is 0.415. The molecule has 1 aromatic carbocycles. The van der Waals surface area contributed by atoms with Gasteiger partial charge in [0.05, 0.1) is 12.5 Å². The number of hydrogen-bond acceptors (Lipinski definition) is 6. The zero-order valence-corrected chi connectivity index (χ0v) is 11.1. The van der Waals surface area contributed by atoms with Crippen LogP contribution in [-0.2, 0) is 0 Å². The Morgan fingerprint density at radius 3 is 2.95 bits per heavy atom. The quantitative estimate of drug-likeness (QED) is 0.566. The normalized spacial score (nSPS) is 10.6. The van der Waals surface area contributed by atoms with Crippen molar-refractivity contribution >= 4 is 27.4 Å². The highest BCUT2D eigenvalue weighted by Gasteiger charge is 2.10. The van der Waals surface area contributed by atoms with E-state index in [2.05, 4.69) is 15.4 Å². The van der Waals surface area contributed by atoms with Crippen LogP contribution in [0.3, 0.4) is 0 Å². The minimum Gasteiger partial charge on any atom is -0.497 e. The van der Waals surface area contributed by atoms with Crippen molar-refractivity contribution in [2.75, 3.05) is 12.5 Å². The van der Waals surface area contributed by atoms with E-state index in [0.29, 0.717) is 11.6 Å². The second-order valence-corrected chi connectivity index (χ2v) is 4.81. The Bertz CT molecular complexity index is 725. The molecule has 0 saturated heterocycles. The topological polar surface area (TPSA) is 73.1 Å². The summed E-state index contributed by atoms with van der Waals surface area (Å²) in [5, 5.41) is 2.90. The first-order chi connectivity index (χ1) is 9.31. The van der Waals surface area contributed by atoms with E-state index in [1.54, 1.807) is 18.4 Å². The first-order valence-corrected chi connectivity index (χ1v) is 6.56. The minimum absolute atomic E-state index is 0.627. The maximum atomic E-state index is 5.52. The Morgan fingerprint density at radius 2 is 2.16 bits per heavy atom. The summed E-state index contributed by atoms with van der Waals surface area (Å²) in [6, 6.07) is 9.58. The highest BCUT2D eigenvalue weighted by molar-refractivity contribution is 7.16. The van der Waals surface area contributed by atoms with Gasteiger partial charge in [0.2, 0.25) is 0 Å². The molecule has 3 N–H and O–H groups in total. The fourth-order valence-electron chi connectivity index (χ4n) is 1.86. The molecule has 0 unspecified atom stereocenters. The fourth-order valence-corrected chi connectivity index (χ4v) is 2.62. The third kappa shape index (κ3) is 2.11.